The quantitative estimate of drug-likeness (QED) is 0.799. The van der Waals surface area contributed by atoms with Crippen molar-refractivity contribution in [3.8, 4) is 0 Å². The first-order chi connectivity index (χ1) is 6.79. The highest BCUT2D eigenvalue weighted by atomic mass is 32.2. The van der Waals surface area contributed by atoms with Crippen LogP contribution in [0.4, 0.5) is 5.82 Å². The molecular formula is C8H13N3O2S. The summed E-state index contributed by atoms with van der Waals surface area (Å²) in [7, 11) is -1.02. The van der Waals surface area contributed by atoms with Gasteiger partial charge >= 0.3 is 0 Å². The molecule has 1 aliphatic rings. The molecule has 1 aliphatic heterocycles. The van der Waals surface area contributed by atoms with Crippen LogP contribution in [0.2, 0.25) is 0 Å². The van der Waals surface area contributed by atoms with Crippen LogP contribution in [-0.4, -0.2) is 26.3 Å². The smallest absolute Gasteiger partial charge is 0.160 e. The number of hydrogen-bond acceptors (Lipinski definition) is 3. The van der Waals surface area contributed by atoms with E-state index in [4.69, 9.17) is 4.74 Å². The fraction of sp³-hybridized carbons (Fsp3) is 0.625. The van der Waals surface area contributed by atoms with Crippen LogP contribution in [0.15, 0.2) is 6.07 Å². The van der Waals surface area contributed by atoms with Crippen molar-refractivity contribution >= 4 is 16.8 Å². The summed E-state index contributed by atoms with van der Waals surface area (Å²) in [5.74, 6) is 1.25. The van der Waals surface area contributed by atoms with Crippen LogP contribution in [-0.2, 0) is 28.9 Å². The van der Waals surface area contributed by atoms with E-state index in [1.165, 1.54) is 0 Å². The van der Waals surface area contributed by atoms with Crippen molar-refractivity contribution in [1.29, 1.82) is 0 Å². The van der Waals surface area contributed by atoms with Gasteiger partial charge in [-0.25, -0.2) is 4.21 Å². The Labute approximate surface area is 85.0 Å². The van der Waals surface area contributed by atoms with Gasteiger partial charge in [0.25, 0.3) is 0 Å². The number of aromatic nitrogens is 2. The Hall–Kier alpha value is -0.880. The molecule has 0 saturated heterocycles. The zero-order chi connectivity index (χ0) is 9.97. The van der Waals surface area contributed by atoms with Crippen molar-refractivity contribution < 1.29 is 8.95 Å². The highest BCUT2D eigenvalue weighted by molar-refractivity contribution is 7.86. The molecule has 2 heterocycles. The summed E-state index contributed by atoms with van der Waals surface area (Å²) in [5, 5.41) is 4.27. The van der Waals surface area contributed by atoms with Gasteiger partial charge in [0.15, 0.2) is 5.82 Å². The molecule has 78 valence electrons. The highest BCUT2D eigenvalue weighted by Crippen LogP contribution is 2.14. The molecule has 0 aliphatic carbocycles. The van der Waals surface area contributed by atoms with E-state index in [-0.39, 0.29) is 0 Å². The van der Waals surface area contributed by atoms with E-state index in [1.54, 1.807) is 0 Å². The van der Waals surface area contributed by atoms with Crippen LogP contribution in [0.5, 0.6) is 0 Å². The van der Waals surface area contributed by atoms with E-state index < -0.39 is 11.0 Å². The van der Waals surface area contributed by atoms with Crippen molar-refractivity contribution in [2.24, 2.45) is 0 Å². The van der Waals surface area contributed by atoms with Crippen LogP contribution < -0.4 is 4.72 Å². The second-order valence-electron chi connectivity index (χ2n) is 3.03. The maximum atomic E-state index is 11.2. The summed E-state index contributed by atoms with van der Waals surface area (Å²) in [4.78, 5) is 0. The average molecular weight is 215 g/mol. The summed E-state index contributed by atoms with van der Waals surface area (Å²) in [5.41, 5.74) is 1.03. The third-order valence-corrected chi connectivity index (χ3v) is 3.00. The topological polar surface area (TPSA) is 56.2 Å². The maximum Gasteiger partial charge on any atom is 0.160 e. The minimum atomic E-state index is -1.02. The molecule has 1 atom stereocenters. The van der Waals surface area contributed by atoms with Gasteiger partial charge in [-0.05, 0) is 0 Å². The number of anilines is 1. The summed E-state index contributed by atoms with van der Waals surface area (Å²) in [6.45, 7) is 3.93. The summed E-state index contributed by atoms with van der Waals surface area (Å²) >= 11 is 0. The first-order valence-electron chi connectivity index (χ1n) is 4.59. The second kappa shape index (κ2) is 4.10. The molecular weight excluding hydrogens is 202 g/mol. The molecule has 0 radical (unpaired) electrons. The Balaban J connectivity index is 2.12. The van der Waals surface area contributed by atoms with E-state index in [9.17, 15) is 4.21 Å². The molecule has 6 heteroatoms. The van der Waals surface area contributed by atoms with E-state index in [0.717, 1.165) is 12.2 Å². The molecule has 0 spiro atoms. The van der Waals surface area contributed by atoms with Gasteiger partial charge in [-0.15, -0.1) is 0 Å². The van der Waals surface area contributed by atoms with Gasteiger partial charge in [-0.2, -0.15) is 5.10 Å². The predicted molar refractivity (Wildman–Crippen MR) is 54.2 cm³/mol. The average Bonchev–Trinajstić information content (AvgIpc) is 2.59. The van der Waals surface area contributed by atoms with Gasteiger partial charge in [0.1, 0.15) is 11.0 Å². The molecule has 0 bridgehead atoms. The SMILES string of the molecule is CCS(=O)Nc1cc2n(n1)CCOC2. The Morgan fingerprint density at radius 2 is 2.64 bits per heavy atom. The molecule has 1 unspecified atom stereocenters. The normalized spacial score (nSPS) is 17.5. The van der Waals surface area contributed by atoms with Crippen molar-refractivity contribution in [1.82, 2.24) is 9.78 Å². The Bertz CT molecular complexity index is 327. The lowest BCUT2D eigenvalue weighted by Crippen LogP contribution is -2.17. The maximum absolute atomic E-state index is 11.2. The number of hydrogen-bond donors (Lipinski definition) is 1. The van der Waals surface area contributed by atoms with Gasteiger partial charge in [-0.1, -0.05) is 6.92 Å². The van der Waals surface area contributed by atoms with Gasteiger partial charge in [0, 0.05) is 11.8 Å². The molecule has 1 aromatic rings. The number of ether oxygens (including phenoxy) is 1. The van der Waals surface area contributed by atoms with Crippen molar-refractivity contribution in [3.05, 3.63) is 11.8 Å². The molecule has 1 N–H and O–H groups in total. The van der Waals surface area contributed by atoms with E-state index in [0.29, 0.717) is 24.8 Å². The van der Waals surface area contributed by atoms with Crippen LogP contribution in [0.3, 0.4) is 0 Å². The Morgan fingerprint density at radius 1 is 1.79 bits per heavy atom. The van der Waals surface area contributed by atoms with Crippen molar-refractivity contribution in [2.75, 3.05) is 17.1 Å². The lowest BCUT2D eigenvalue weighted by molar-refractivity contribution is 0.0801. The third-order valence-electron chi connectivity index (χ3n) is 2.04. The highest BCUT2D eigenvalue weighted by Gasteiger charge is 2.12. The lowest BCUT2D eigenvalue weighted by atomic mass is 10.4. The molecule has 0 saturated carbocycles. The lowest BCUT2D eigenvalue weighted by Gasteiger charge is -2.12. The van der Waals surface area contributed by atoms with E-state index in [2.05, 4.69) is 9.82 Å². The van der Waals surface area contributed by atoms with Gasteiger partial charge in [0.05, 0.1) is 25.5 Å². The molecule has 1 aromatic heterocycles. The molecule has 0 fully saturated rings. The first-order valence-corrected chi connectivity index (χ1v) is 5.91. The van der Waals surface area contributed by atoms with Crippen LogP contribution in [0.1, 0.15) is 12.6 Å². The minimum Gasteiger partial charge on any atom is -0.373 e. The summed E-state index contributed by atoms with van der Waals surface area (Å²) in [6.07, 6.45) is 0. The molecule has 2 rings (SSSR count). The minimum absolute atomic E-state index is 0.582. The van der Waals surface area contributed by atoms with Gasteiger partial charge in [-0.3, -0.25) is 9.40 Å². The number of nitrogens with zero attached hydrogens (tertiary/aromatic N) is 2. The van der Waals surface area contributed by atoms with E-state index in [1.807, 2.05) is 17.7 Å². The zero-order valence-corrected chi connectivity index (χ0v) is 8.84. The summed E-state index contributed by atoms with van der Waals surface area (Å²) in [6, 6.07) is 1.88. The summed E-state index contributed by atoms with van der Waals surface area (Å²) < 4.78 is 21.2. The number of rotatable bonds is 3. The van der Waals surface area contributed by atoms with Crippen LogP contribution in [0, 0.1) is 0 Å². The van der Waals surface area contributed by atoms with Crippen molar-refractivity contribution in [2.45, 2.75) is 20.1 Å². The van der Waals surface area contributed by atoms with Crippen molar-refractivity contribution in [3.63, 3.8) is 0 Å². The largest absolute Gasteiger partial charge is 0.373 e. The van der Waals surface area contributed by atoms with Crippen LogP contribution >= 0.6 is 0 Å². The monoisotopic (exact) mass is 215 g/mol. The zero-order valence-electron chi connectivity index (χ0n) is 8.02. The molecule has 5 nitrogen and oxygen atoms in total. The predicted octanol–water partition coefficient (Wildman–Crippen LogP) is 0.509. The van der Waals surface area contributed by atoms with Gasteiger partial charge < -0.3 is 4.74 Å². The molecule has 0 amide bonds. The Morgan fingerprint density at radius 3 is 3.36 bits per heavy atom. The van der Waals surface area contributed by atoms with Crippen LogP contribution in [0.25, 0.3) is 0 Å². The fourth-order valence-corrected chi connectivity index (χ4v) is 1.81. The number of fused-ring (bicyclic) bond motifs is 1. The molecule has 14 heavy (non-hydrogen) atoms. The second-order valence-corrected chi connectivity index (χ2v) is 4.51. The first kappa shape index (κ1) is 9.67. The van der Waals surface area contributed by atoms with E-state index >= 15 is 0 Å². The molecule has 0 aromatic carbocycles. The standard InChI is InChI=1S/C8H13N3O2S/c1-2-14(12)10-8-5-7-6-13-4-3-11(7)9-8/h5H,2-4,6H2,1H3,(H,9,10). The number of nitrogens with one attached hydrogen (secondary N) is 1. The Kier molecular flexibility index (Phi) is 2.83. The third kappa shape index (κ3) is 1.96. The van der Waals surface area contributed by atoms with Gasteiger partial charge in [0.2, 0.25) is 0 Å². The fourth-order valence-electron chi connectivity index (χ4n) is 1.33.